The van der Waals surface area contributed by atoms with Crippen molar-refractivity contribution in [2.24, 2.45) is 0 Å². The minimum atomic E-state index is 0.870. The first kappa shape index (κ1) is 9.03. The molecule has 1 nitrogen and oxygen atoms in total. The van der Waals surface area contributed by atoms with E-state index in [-0.39, 0.29) is 0 Å². The number of anilines is 1. The Morgan fingerprint density at radius 1 is 1.54 bits per heavy atom. The Balaban J connectivity index is 2.85. The second-order valence-corrected chi connectivity index (χ2v) is 4.52. The van der Waals surface area contributed by atoms with Gasteiger partial charge in [0.1, 0.15) is 0 Å². The van der Waals surface area contributed by atoms with E-state index in [1.165, 1.54) is 21.2 Å². The number of hydrogen-bond acceptors (Lipinski definition) is 2. The number of aryl methyl sites for hydroxylation is 1. The van der Waals surface area contributed by atoms with E-state index in [0.717, 1.165) is 11.0 Å². The van der Waals surface area contributed by atoms with Gasteiger partial charge in [-0.3, -0.25) is 0 Å². The second kappa shape index (κ2) is 3.31. The van der Waals surface area contributed by atoms with E-state index in [4.69, 9.17) is 5.73 Å². The minimum absolute atomic E-state index is 0.870. The number of fused-ring (bicyclic) bond motifs is 1. The van der Waals surface area contributed by atoms with Crippen molar-refractivity contribution in [3.8, 4) is 0 Å². The molecule has 2 aromatic rings. The van der Waals surface area contributed by atoms with Crippen LogP contribution in [0.2, 0.25) is 0 Å². The van der Waals surface area contributed by atoms with Gasteiger partial charge < -0.3 is 5.73 Å². The lowest BCUT2D eigenvalue weighted by atomic mass is 10.1. The van der Waals surface area contributed by atoms with Crippen LogP contribution in [0.5, 0.6) is 0 Å². The molecule has 1 aromatic carbocycles. The molecule has 0 amide bonds. The molecule has 0 saturated heterocycles. The van der Waals surface area contributed by atoms with Crippen molar-refractivity contribution >= 4 is 43.0 Å². The molecule has 0 saturated carbocycles. The van der Waals surface area contributed by atoms with Crippen molar-refractivity contribution in [2.75, 3.05) is 5.73 Å². The van der Waals surface area contributed by atoms with Crippen LogP contribution in [0.4, 0.5) is 5.69 Å². The van der Waals surface area contributed by atoms with Crippen LogP contribution in [-0.4, -0.2) is 0 Å². The van der Waals surface area contributed by atoms with E-state index in [1.807, 2.05) is 0 Å². The van der Waals surface area contributed by atoms with Gasteiger partial charge in [-0.15, -0.1) is 11.3 Å². The number of nitrogen functional groups attached to an aromatic ring is 1. The fourth-order valence-corrected chi connectivity index (χ4v) is 2.97. The Labute approximate surface area is 89.7 Å². The third-order valence-corrected chi connectivity index (χ3v) is 3.85. The highest BCUT2D eigenvalue weighted by Crippen LogP contribution is 2.32. The van der Waals surface area contributed by atoms with Gasteiger partial charge >= 0.3 is 0 Å². The molecule has 0 bridgehead atoms. The van der Waals surface area contributed by atoms with Gasteiger partial charge in [-0.1, -0.05) is 15.9 Å². The maximum Gasteiger partial charge on any atom is 0.0575 e. The molecular weight excluding hydrogens is 246 g/mol. The molecule has 1 heterocycles. The topological polar surface area (TPSA) is 26.0 Å². The van der Waals surface area contributed by atoms with Gasteiger partial charge in [0.25, 0.3) is 0 Å². The van der Waals surface area contributed by atoms with Gasteiger partial charge in [0.15, 0.2) is 0 Å². The highest BCUT2D eigenvalue weighted by atomic mass is 79.9. The molecule has 13 heavy (non-hydrogen) atoms. The van der Waals surface area contributed by atoms with Crippen LogP contribution in [0, 0.1) is 6.92 Å². The summed E-state index contributed by atoms with van der Waals surface area (Å²) < 4.78 is 1.21. The summed E-state index contributed by atoms with van der Waals surface area (Å²) in [7, 11) is 0. The first-order valence-corrected chi connectivity index (χ1v) is 6.05. The van der Waals surface area contributed by atoms with E-state index in [9.17, 15) is 0 Å². The predicted octanol–water partition coefficient (Wildman–Crippen LogP) is 3.69. The first-order chi connectivity index (χ1) is 6.24. The summed E-state index contributed by atoms with van der Waals surface area (Å²) >= 11 is 5.17. The number of rotatable bonds is 1. The fourth-order valence-electron chi connectivity index (χ4n) is 1.50. The maximum atomic E-state index is 5.94. The average molecular weight is 256 g/mol. The molecule has 0 aliphatic rings. The monoisotopic (exact) mass is 255 g/mol. The molecule has 0 radical (unpaired) electrons. The van der Waals surface area contributed by atoms with Crippen molar-refractivity contribution in [1.82, 2.24) is 0 Å². The van der Waals surface area contributed by atoms with Crippen LogP contribution in [0.25, 0.3) is 10.1 Å². The maximum absolute atomic E-state index is 5.94. The number of benzene rings is 1. The molecule has 2 N–H and O–H groups in total. The molecule has 2 rings (SSSR count). The molecular formula is C10H10BrNS. The lowest BCUT2D eigenvalue weighted by Crippen LogP contribution is -1.91. The Morgan fingerprint density at radius 3 is 3.00 bits per heavy atom. The van der Waals surface area contributed by atoms with Crippen LogP contribution < -0.4 is 5.73 Å². The highest BCUT2D eigenvalue weighted by molar-refractivity contribution is 9.08. The Kier molecular flexibility index (Phi) is 2.30. The van der Waals surface area contributed by atoms with E-state index >= 15 is 0 Å². The average Bonchev–Trinajstić information content (AvgIpc) is 2.60. The number of halogens is 1. The third kappa shape index (κ3) is 1.36. The number of nitrogens with two attached hydrogens (primary N) is 1. The van der Waals surface area contributed by atoms with Gasteiger partial charge in [0.05, 0.1) is 4.70 Å². The molecule has 0 atom stereocenters. The van der Waals surface area contributed by atoms with Crippen LogP contribution in [0.15, 0.2) is 17.5 Å². The molecule has 3 heteroatoms. The molecule has 0 spiro atoms. The lowest BCUT2D eigenvalue weighted by molar-refractivity contribution is 1.36. The first-order valence-electron chi connectivity index (χ1n) is 4.05. The zero-order valence-corrected chi connectivity index (χ0v) is 9.71. The zero-order valence-electron chi connectivity index (χ0n) is 7.30. The third-order valence-electron chi connectivity index (χ3n) is 2.29. The SMILES string of the molecule is Cc1c(CBr)cc(N)c2sccc12. The van der Waals surface area contributed by atoms with Crippen molar-refractivity contribution < 1.29 is 0 Å². The molecule has 0 aliphatic carbocycles. The number of hydrogen-bond donors (Lipinski definition) is 1. The Morgan fingerprint density at radius 2 is 2.31 bits per heavy atom. The van der Waals surface area contributed by atoms with Crippen LogP contribution >= 0.6 is 27.3 Å². The summed E-state index contributed by atoms with van der Waals surface area (Å²) in [4.78, 5) is 0. The van der Waals surface area contributed by atoms with Gasteiger partial charge in [-0.2, -0.15) is 0 Å². The van der Waals surface area contributed by atoms with E-state index in [2.05, 4.69) is 40.4 Å². The van der Waals surface area contributed by atoms with E-state index in [1.54, 1.807) is 11.3 Å². The van der Waals surface area contributed by atoms with Crippen LogP contribution in [0.3, 0.4) is 0 Å². The molecule has 0 fully saturated rings. The van der Waals surface area contributed by atoms with Gasteiger partial charge in [-0.25, -0.2) is 0 Å². The normalized spacial score (nSPS) is 10.9. The van der Waals surface area contributed by atoms with Crippen molar-refractivity contribution in [3.05, 3.63) is 28.6 Å². The highest BCUT2D eigenvalue weighted by Gasteiger charge is 2.06. The zero-order chi connectivity index (χ0) is 9.42. The summed E-state index contributed by atoms with van der Waals surface area (Å²) in [6.07, 6.45) is 0. The number of alkyl halides is 1. The molecule has 1 aromatic heterocycles. The smallest absolute Gasteiger partial charge is 0.0575 e. The Hall–Kier alpha value is -0.540. The van der Waals surface area contributed by atoms with Crippen molar-refractivity contribution in [3.63, 3.8) is 0 Å². The molecule has 0 unspecified atom stereocenters. The molecule has 0 aliphatic heterocycles. The van der Waals surface area contributed by atoms with Gasteiger partial charge in [-0.05, 0) is 40.9 Å². The summed E-state index contributed by atoms with van der Waals surface area (Å²) in [5.74, 6) is 0. The predicted molar refractivity (Wildman–Crippen MR) is 63.6 cm³/mol. The Bertz CT molecular complexity index is 447. The summed E-state index contributed by atoms with van der Waals surface area (Å²) in [6, 6.07) is 4.20. The summed E-state index contributed by atoms with van der Waals surface area (Å²) in [6.45, 7) is 2.14. The summed E-state index contributed by atoms with van der Waals surface area (Å²) in [5, 5.41) is 4.25. The van der Waals surface area contributed by atoms with Crippen molar-refractivity contribution in [2.45, 2.75) is 12.3 Å². The fraction of sp³-hybridized carbons (Fsp3) is 0.200. The largest absolute Gasteiger partial charge is 0.398 e. The van der Waals surface area contributed by atoms with E-state index < -0.39 is 0 Å². The van der Waals surface area contributed by atoms with Crippen LogP contribution in [0.1, 0.15) is 11.1 Å². The van der Waals surface area contributed by atoms with E-state index in [0.29, 0.717) is 0 Å². The lowest BCUT2D eigenvalue weighted by Gasteiger charge is -2.05. The van der Waals surface area contributed by atoms with Crippen molar-refractivity contribution in [1.29, 1.82) is 0 Å². The second-order valence-electron chi connectivity index (χ2n) is 3.05. The molecule has 68 valence electrons. The summed E-state index contributed by atoms with van der Waals surface area (Å²) in [5.41, 5.74) is 9.45. The standard InChI is InChI=1S/C10H10BrNS/c1-6-7(5-11)4-9(12)10-8(6)2-3-13-10/h2-4H,5,12H2,1H3. The minimum Gasteiger partial charge on any atom is -0.398 e. The van der Waals surface area contributed by atoms with Gasteiger partial charge in [0, 0.05) is 11.0 Å². The number of thiophene rings is 1. The quantitative estimate of drug-likeness (QED) is 0.611. The van der Waals surface area contributed by atoms with Gasteiger partial charge in [0.2, 0.25) is 0 Å². The van der Waals surface area contributed by atoms with Crippen LogP contribution in [-0.2, 0) is 5.33 Å².